The molecule has 1 heterocycles. The quantitative estimate of drug-likeness (QED) is 0.314. The third-order valence-corrected chi connectivity index (χ3v) is 6.48. The first-order chi connectivity index (χ1) is 16.2. The molecule has 0 saturated heterocycles. The van der Waals surface area contributed by atoms with Crippen molar-refractivity contribution >= 4 is 38.2 Å². The third kappa shape index (κ3) is 4.44. The van der Waals surface area contributed by atoms with E-state index in [-0.39, 0.29) is 5.91 Å². The molecule has 6 heteroatoms. The molecule has 0 aliphatic rings. The van der Waals surface area contributed by atoms with Gasteiger partial charge in [0.25, 0.3) is 5.91 Å². The zero-order chi connectivity index (χ0) is 22.6. The largest absolute Gasteiger partial charge is 0.457 e. The summed E-state index contributed by atoms with van der Waals surface area (Å²) in [6, 6.07) is 29.0. The number of carbonyl (C=O) groups excluding carboxylic acids is 1. The SMILES string of the molecule is COCCn1c(=NC(=O)c2cccc(Oc3ccccc3)c2)sc2c3ccccc3ccc21. The van der Waals surface area contributed by atoms with E-state index in [4.69, 9.17) is 9.47 Å². The van der Waals surface area contributed by atoms with Gasteiger partial charge >= 0.3 is 0 Å². The van der Waals surface area contributed by atoms with Crippen LogP contribution in [-0.4, -0.2) is 24.2 Å². The molecule has 0 aliphatic heterocycles. The minimum absolute atomic E-state index is 0.310. The molecule has 0 radical (unpaired) electrons. The zero-order valence-corrected chi connectivity index (χ0v) is 18.9. The molecule has 0 atom stereocenters. The maximum atomic E-state index is 13.1. The van der Waals surface area contributed by atoms with Crippen molar-refractivity contribution in [2.45, 2.75) is 6.54 Å². The van der Waals surface area contributed by atoms with Crippen LogP contribution >= 0.6 is 11.3 Å². The van der Waals surface area contributed by atoms with Crippen molar-refractivity contribution in [3.8, 4) is 11.5 Å². The topological polar surface area (TPSA) is 52.8 Å². The summed E-state index contributed by atoms with van der Waals surface area (Å²) in [5, 5.41) is 2.31. The summed E-state index contributed by atoms with van der Waals surface area (Å²) in [5.41, 5.74) is 1.52. The first kappa shape index (κ1) is 21.1. The maximum absolute atomic E-state index is 13.1. The van der Waals surface area contributed by atoms with Gasteiger partial charge in [-0.1, -0.05) is 65.9 Å². The predicted molar refractivity (Wildman–Crippen MR) is 132 cm³/mol. The molecule has 1 amide bonds. The van der Waals surface area contributed by atoms with E-state index in [0.29, 0.717) is 35.0 Å². The lowest BCUT2D eigenvalue weighted by Gasteiger charge is -2.06. The van der Waals surface area contributed by atoms with Gasteiger partial charge < -0.3 is 14.0 Å². The molecule has 0 N–H and O–H groups in total. The van der Waals surface area contributed by atoms with E-state index in [2.05, 4.69) is 33.8 Å². The van der Waals surface area contributed by atoms with Crippen LogP contribution in [-0.2, 0) is 11.3 Å². The number of hydrogen-bond donors (Lipinski definition) is 0. The molecular formula is C27H22N2O3S. The molecule has 0 bridgehead atoms. The van der Waals surface area contributed by atoms with Crippen LogP contribution in [0.15, 0.2) is 96.0 Å². The van der Waals surface area contributed by atoms with E-state index >= 15 is 0 Å². The molecule has 5 rings (SSSR count). The molecule has 5 nitrogen and oxygen atoms in total. The van der Waals surface area contributed by atoms with Gasteiger partial charge in [-0.3, -0.25) is 4.79 Å². The number of benzene rings is 4. The summed E-state index contributed by atoms with van der Waals surface area (Å²) in [4.78, 5) is 18.3. The fraction of sp³-hybridized carbons (Fsp3) is 0.111. The van der Waals surface area contributed by atoms with Crippen molar-refractivity contribution in [2.75, 3.05) is 13.7 Å². The molecule has 0 fully saturated rings. The average Bonchev–Trinajstić information content (AvgIpc) is 3.20. The highest BCUT2D eigenvalue weighted by molar-refractivity contribution is 7.17. The molecule has 164 valence electrons. The molecule has 1 aromatic heterocycles. The molecule has 0 unspecified atom stereocenters. The lowest BCUT2D eigenvalue weighted by Crippen LogP contribution is -2.19. The number of amides is 1. The van der Waals surface area contributed by atoms with Gasteiger partial charge in [-0.25, -0.2) is 0 Å². The Bertz CT molecular complexity index is 1500. The first-order valence-corrected chi connectivity index (χ1v) is 11.5. The second-order valence-corrected chi connectivity index (χ2v) is 8.50. The molecule has 0 spiro atoms. The standard InChI is InChI=1S/C27H22N2O3S/c1-31-17-16-29-24-15-14-19-8-5-6-13-23(19)25(24)33-27(29)28-26(30)20-9-7-12-22(18-20)32-21-10-3-2-4-11-21/h2-15,18H,16-17H2,1H3. The lowest BCUT2D eigenvalue weighted by atomic mass is 10.1. The molecule has 5 aromatic rings. The summed E-state index contributed by atoms with van der Waals surface area (Å²) in [6.45, 7) is 1.14. The Morgan fingerprint density at radius 3 is 2.55 bits per heavy atom. The van der Waals surface area contributed by atoms with Crippen LogP contribution < -0.4 is 9.54 Å². The molecule has 0 saturated carbocycles. The van der Waals surface area contributed by atoms with Crippen molar-refractivity contribution < 1.29 is 14.3 Å². The van der Waals surface area contributed by atoms with E-state index in [1.54, 1.807) is 25.3 Å². The minimum Gasteiger partial charge on any atom is -0.457 e. The lowest BCUT2D eigenvalue weighted by molar-refractivity contribution is 0.0997. The van der Waals surface area contributed by atoms with Crippen LogP contribution in [0.5, 0.6) is 11.5 Å². The van der Waals surface area contributed by atoms with Crippen molar-refractivity contribution in [3.05, 3.63) is 101 Å². The van der Waals surface area contributed by atoms with Crippen LogP contribution in [0.25, 0.3) is 21.0 Å². The number of carbonyl (C=O) groups is 1. The van der Waals surface area contributed by atoms with Gasteiger partial charge in [-0.2, -0.15) is 4.99 Å². The summed E-state index contributed by atoms with van der Waals surface area (Å²) in [7, 11) is 1.67. The van der Waals surface area contributed by atoms with Gasteiger partial charge in [0.1, 0.15) is 11.5 Å². The highest BCUT2D eigenvalue weighted by atomic mass is 32.1. The fourth-order valence-corrected chi connectivity index (χ4v) is 4.94. The van der Waals surface area contributed by atoms with E-state index < -0.39 is 0 Å². The number of ether oxygens (including phenoxy) is 2. The average molecular weight is 455 g/mol. The van der Waals surface area contributed by atoms with Crippen molar-refractivity contribution in [1.82, 2.24) is 4.57 Å². The van der Waals surface area contributed by atoms with Gasteiger partial charge in [0.2, 0.25) is 0 Å². The third-order valence-electron chi connectivity index (χ3n) is 5.35. The highest BCUT2D eigenvalue weighted by Gasteiger charge is 2.12. The van der Waals surface area contributed by atoms with Gasteiger partial charge in [0, 0.05) is 24.6 Å². The Labute approximate surface area is 195 Å². The normalized spacial score (nSPS) is 11.8. The van der Waals surface area contributed by atoms with Crippen LogP contribution in [0.3, 0.4) is 0 Å². The van der Waals surface area contributed by atoms with Crippen LogP contribution in [0, 0.1) is 0 Å². The molecular weight excluding hydrogens is 432 g/mol. The molecule has 0 aliphatic carbocycles. The fourth-order valence-electron chi connectivity index (χ4n) is 3.75. The Balaban J connectivity index is 1.56. The first-order valence-electron chi connectivity index (χ1n) is 10.6. The zero-order valence-electron chi connectivity index (χ0n) is 18.1. The predicted octanol–water partition coefficient (Wildman–Crippen LogP) is 6.04. The van der Waals surface area contributed by atoms with Crippen molar-refractivity contribution in [3.63, 3.8) is 0 Å². The number of para-hydroxylation sites is 1. The van der Waals surface area contributed by atoms with Gasteiger partial charge in [0.15, 0.2) is 4.80 Å². The Kier molecular flexibility index (Phi) is 6.02. The van der Waals surface area contributed by atoms with E-state index in [1.807, 2.05) is 48.5 Å². The smallest absolute Gasteiger partial charge is 0.279 e. The number of thiazole rings is 1. The summed E-state index contributed by atoms with van der Waals surface area (Å²) in [6.07, 6.45) is 0. The van der Waals surface area contributed by atoms with Gasteiger partial charge in [0.05, 0.1) is 16.8 Å². The number of fused-ring (bicyclic) bond motifs is 3. The molecule has 4 aromatic carbocycles. The van der Waals surface area contributed by atoms with Crippen LogP contribution in [0.1, 0.15) is 10.4 Å². The second-order valence-electron chi connectivity index (χ2n) is 7.52. The number of nitrogens with zero attached hydrogens (tertiary/aromatic N) is 2. The van der Waals surface area contributed by atoms with Crippen molar-refractivity contribution in [1.29, 1.82) is 0 Å². The number of hydrogen-bond acceptors (Lipinski definition) is 4. The second kappa shape index (κ2) is 9.40. The summed E-state index contributed by atoms with van der Waals surface area (Å²) in [5.74, 6) is 1.00. The van der Waals surface area contributed by atoms with Gasteiger partial charge in [-0.05, 0) is 41.8 Å². The van der Waals surface area contributed by atoms with E-state index in [1.165, 1.54) is 11.3 Å². The van der Waals surface area contributed by atoms with Crippen LogP contribution in [0.2, 0.25) is 0 Å². The van der Waals surface area contributed by atoms with Crippen molar-refractivity contribution in [2.24, 2.45) is 4.99 Å². The summed E-state index contributed by atoms with van der Waals surface area (Å²) >= 11 is 1.52. The Morgan fingerprint density at radius 1 is 0.909 bits per heavy atom. The van der Waals surface area contributed by atoms with E-state index in [0.717, 1.165) is 21.0 Å². The summed E-state index contributed by atoms with van der Waals surface area (Å²) < 4.78 is 14.4. The van der Waals surface area contributed by atoms with Crippen LogP contribution in [0.4, 0.5) is 0 Å². The van der Waals surface area contributed by atoms with Gasteiger partial charge in [-0.15, -0.1) is 0 Å². The molecule has 33 heavy (non-hydrogen) atoms. The monoisotopic (exact) mass is 454 g/mol. The van der Waals surface area contributed by atoms with E-state index in [9.17, 15) is 4.79 Å². The highest BCUT2D eigenvalue weighted by Crippen LogP contribution is 2.28. The number of aromatic nitrogens is 1. The Hall–Kier alpha value is -3.74. The number of methoxy groups -OCH3 is 1. The minimum atomic E-state index is -0.310. The number of rotatable bonds is 6. The Morgan fingerprint density at radius 2 is 1.70 bits per heavy atom. The maximum Gasteiger partial charge on any atom is 0.279 e.